The summed E-state index contributed by atoms with van der Waals surface area (Å²) < 4.78 is 0. The van der Waals surface area contributed by atoms with Crippen LogP contribution in [0.5, 0.6) is 0 Å². The van der Waals surface area contributed by atoms with Gasteiger partial charge in [-0.25, -0.2) is 15.0 Å². The van der Waals surface area contributed by atoms with Gasteiger partial charge in [0.05, 0.1) is 0 Å². The molecule has 0 saturated heterocycles. The molecule has 0 radical (unpaired) electrons. The highest BCUT2D eigenvalue weighted by atomic mass is 15.2. The fraction of sp³-hybridized carbons (Fsp3) is 0. The van der Waals surface area contributed by atoms with E-state index in [9.17, 15) is 0 Å². The van der Waals surface area contributed by atoms with Crippen molar-refractivity contribution in [2.75, 3.05) is 16.0 Å². The number of para-hydroxylation sites is 3. The lowest BCUT2D eigenvalue weighted by Gasteiger charge is -2.13. The van der Waals surface area contributed by atoms with E-state index in [1.165, 1.54) is 6.33 Å². The minimum atomic E-state index is 0.447. The Labute approximate surface area is 179 Å². The Kier molecular flexibility index (Phi) is 5.05. The van der Waals surface area contributed by atoms with Crippen molar-refractivity contribution >= 4 is 45.7 Å². The van der Waals surface area contributed by atoms with Crippen molar-refractivity contribution in [2.24, 2.45) is 0 Å². The second-order valence-electron chi connectivity index (χ2n) is 6.79. The molecule has 0 spiro atoms. The van der Waals surface area contributed by atoms with Gasteiger partial charge in [-0.3, -0.25) is 0 Å². The van der Waals surface area contributed by atoms with Crippen LogP contribution in [0.25, 0.3) is 11.0 Å². The standard InChI is InChI=1S/C24H19N7/c1-4-10-17(11-5-1)27-22-21-20(25-16-26-22)23(28-18-12-6-2-7-13-18)31-24(30-21)29-19-14-8-3-9-15-19/h1-16H,(H,25,26,27)(H2,28,29,30,31). The molecule has 0 aliphatic carbocycles. The normalized spacial score (nSPS) is 10.6. The van der Waals surface area contributed by atoms with Crippen LogP contribution in [0, 0.1) is 0 Å². The zero-order valence-corrected chi connectivity index (χ0v) is 16.5. The molecule has 5 rings (SSSR count). The van der Waals surface area contributed by atoms with Gasteiger partial charge in [-0.15, -0.1) is 0 Å². The molecule has 0 saturated carbocycles. The average Bonchev–Trinajstić information content (AvgIpc) is 2.82. The molecule has 0 bridgehead atoms. The van der Waals surface area contributed by atoms with Crippen LogP contribution < -0.4 is 16.0 Å². The number of nitrogens with one attached hydrogen (secondary N) is 3. The molecule has 3 aromatic carbocycles. The van der Waals surface area contributed by atoms with Gasteiger partial charge in [0, 0.05) is 17.1 Å². The Bertz CT molecular complexity index is 1290. The molecule has 3 N–H and O–H groups in total. The maximum Gasteiger partial charge on any atom is 0.230 e. The topological polar surface area (TPSA) is 87.7 Å². The molecule has 0 amide bonds. The molecule has 0 fully saturated rings. The Hall–Kier alpha value is -4.52. The Morgan fingerprint density at radius 3 is 1.55 bits per heavy atom. The summed E-state index contributed by atoms with van der Waals surface area (Å²) in [5.74, 6) is 1.64. The van der Waals surface area contributed by atoms with Crippen LogP contribution in [-0.4, -0.2) is 19.9 Å². The number of rotatable bonds is 6. The first-order valence-corrected chi connectivity index (χ1v) is 9.84. The molecule has 2 heterocycles. The van der Waals surface area contributed by atoms with Crippen LogP contribution in [0.3, 0.4) is 0 Å². The van der Waals surface area contributed by atoms with Gasteiger partial charge in [0.1, 0.15) is 17.4 Å². The third-order valence-corrected chi connectivity index (χ3v) is 4.58. The molecule has 7 nitrogen and oxygen atoms in total. The quantitative estimate of drug-likeness (QED) is 0.336. The molecule has 0 aliphatic heterocycles. The highest BCUT2D eigenvalue weighted by Gasteiger charge is 2.14. The second-order valence-corrected chi connectivity index (χ2v) is 6.79. The van der Waals surface area contributed by atoms with Crippen LogP contribution in [0.2, 0.25) is 0 Å². The fourth-order valence-electron chi connectivity index (χ4n) is 3.15. The monoisotopic (exact) mass is 405 g/mol. The van der Waals surface area contributed by atoms with Gasteiger partial charge in [0.15, 0.2) is 11.6 Å². The summed E-state index contributed by atoms with van der Waals surface area (Å²) in [5, 5.41) is 9.95. The van der Waals surface area contributed by atoms with E-state index in [-0.39, 0.29) is 0 Å². The van der Waals surface area contributed by atoms with Crippen molar-refractivity contribution in [1.29, 1.82) is 0 Å². The minimum absolute atomic E-state index is 0.447. The van der Waals surface area contributed by atoms with Gasteiger partial charge in [0.2, 0.25) is 5.95 Å². The van der Waals surface area contributed by atoms with Crippen molar-refractivity contribution in [1.82, 2.24) is 19.9 Å². The number of benzene rings is 3. The van der Waals surface area contributed by atoms with Gasteiger partial charge in [0.25, 0.3) is 0 Å². The molecule has 5 aromatic rings. The Morgan fingerprint density at radius 1 is 0.452 bits per heavy atom. The van der Waals surface area contributed by atoms with Crippen LogP contribution >= 0.6 is 0 Å². The van der Waals surface area contributed by atoms with E-state index in [0.717, 1.165) is 17.1 Å². The molecule has 31 heavy (non-hydrogen) atoms. The summed E-state index contributed by atoms with van der Waals surface area (Å²) in [6, 6.07) is 29.5. The van der Waals surface area contributed by atoms with E-state index >= 15 is 0 Å². The summed E-state index contributed by atoms with van der Waals surface area (Å²) in [4.78, 5) is 18.3. The molecule has 0 aliphatic rings. The zero-order valence-electron chi connectivity index (χ0n) is 16.5. The van der Waals surface area contributed by atoms with Gasteiger partial charge in [-0.05, 0) is 36.4 Å². The lowest BCUT2D eigenvalue weighted by atomic mass is 10.3. The van der Waals surface area contributed by atoms with Crippen LogP contribution in [0.1, 0.15) is 0 Å². The largest absolute Gasteiger partial charge is 0.338 e. The van der Waals surface area contributed by atoms with Gasteiger partial charge >= 0.3 is 0 Å². The smallest absolute Gasteiger partial charge is 0.230 e. The van der Waals surface area contributed by atoms with Gasteiger partial charge in [-0.1, -0.05) is 54.6 Å². The summed E-state index contributed by atoms with van der Waals surface area (Å²) in [7, 11) is 0. The van der Waals surface area contributed by atoms with E-state index in [0.29, 0.717) is 28.6 Å². The number of hydrogen-bond acceptors (Lipinski definition) is 7. The van der Waals surface area contributed by atoms with E-state index < -0.39 is 0 Å². The molecular formula is C24H19N7. The van der Waals surface area contributed by atoms with Crippen LogP contribution in [0.15, 0.2) is 97.3 Å². The fourth-order valence-corrected chi connectivity index (χ4v) is 3.15. The molecule has 0 unspecified atom stereocenters. The van der Waals surface area contributed by atoms with Crippen molar-refractivity contribution in [3.63, 3.8) is 0 Å². The van der Waals surface area contributed by atoms with E-state index in [1.807, 2.05) is 91.0 Å². The Morgan fingerprint density at radius 2 is 0.968 bits per heavy atom. The van der Waals surface area contributed by atoms with Crippen molar-refractivity contribution < 1.29 is 0 Å². The first kappa shape index (κ1) is 18.5. The lowest BCUT2D eigenvalue weighted by Crippen LogP contribution is -2.06. The summed E-state index contributed by atoms with van der Waals surface area (Å²) in [5.41, 5.74) is 3.94. The summed E-state index contributed by atoms with van der Waals surface area (Å²) in [6.07, 6.45) is 1.51. The predicted molar refractivity (Wildman–Crippen MR) is 124 cm³/mol. The molecule has 0 atom stereocenters. The van der Waals surface area contributed by atoms with Crippen molar-refractivity contribution in [2.45, 2.75) is 0 Å². The highest BCUT2D eigenvalue weighted by Crippen LogP contribution is 2.29. The average molecular weight is 405 g/mol. The number of anilines is 6. The van der Waals surface area contributed by atoms with E-state index in [4.69, 9.17) is 4.98 Å². The van der Waals surface area contributed by atoms with Crippen LogP contribution in [0.4, 0.5) is 34.6 Å². The molecule has 2 aromatic heterocycles. The lowest BCUT2D eigenvalue weighted by molar-refractivity contribution is 1.15. The van der Waals surface area contributed by atoms with Gasteiger partial charge < -0.3 is 16.0 Å². The van der Waals surface area contributed by atoms with Crippen LogP contribution in [-0.2, 0) is 0 Å². The number of fused-ring (bicyclic) bond motifs is 1. The molecule has 7 heteroatoms. The number of hydrogen-bond donors (Lipinski definition) is 3. The molecular weight excluding hydrogens is 386 g/mol. The SMILES string of the molecule is c1ccc(Nc2nc(Nc3ccccc3)c3ncnc(Nc4ccccc4)c3n2)cc1. The van der Waals surface area contributed by atoms with E-state index in [2.05, 4.69) is 30.9 Å². The first-order chi connectivity index (χ1) is 15.3. The highest BCUT2D eigenvalue weighted by molar-refractivity contribution is 5.95. The molecule has 150 valence electrons. The zero-order chi connectivity index (χ0) is 20.9. The summed E-state index contributed by atoms with van der Waals surface area (Å²) in [6.45, 7) is 0. The second kappa shape index (κ2) is 8.46. The maximum atomic E-state index is 4.72. The Balaban J connectivity index is 1.61. The first-order valence-electron chi connectivity index (χ1n) is 9.84. The van der Waals surface area contributed by atoms with Gasteiger partial charge in [-0.2, -0.15) is 4.98 Å². The minimum Gasteiger partial charge on any atom is -0.338 e. The van der Waals surface area contributed by atoms with E-state index in [1.54, 1.807) is 0 Å². The van der Waals surface area contributed by atoms with Crippen molar-refractivity contribution in [3.05, 3.63) is 97.3 Å². The number of nitrogens with zero attached hydrogens (tertiary/aromatic N) is 4. The maximum absolute atomic E-state index is 4.72. The third kappa shape index (κ3) is 4.25. The third-order valence-electron chi connectivity index (χ3n) is 4.58. The predicted octanol–water partition coefficient (Wildman–Crippen LogP) is 5.65. The summed E-state index contributed by atoms with van der Waals surface area (Å²) >= 11 is 0. The number of aromatic nitrogens is 4. The van der Waals surface area contributed by atoms with Crippen molar-refractivity contribution in [3.8, 4) is 0 Å².